The molecule has 35 heavy (non-hydrogen) atoms. The highest BCUT2D eigenvalue weighted by Gasteiger charge is 2.24. The zero-order valence-corrected chi connectivity index (χ0v) is 20.4. The lowest BCUT2D eigenvalue weighted by Crippen LogP contribution is -2.44. The maximum Gasteiger partial charge on any atom is 0.165 e. The molecule has 0 amide bonds. The Hall–Kier alpha value is -3.63. The van der Waals surface area contributed by atoms with Crippen molar-refractivity contribution in [1.29, 1.82) is 0 Å². The van der Waals surface area contributed by atoms with Crippen molar-refractivity contribution in [1.82, 2.24) is 35.0 Å². The van der Waals surface area contributed by atoms with Crippen LogP contribution in [0.2, 0.25) is 0 Å². The maximum absolute atomic E-state index is 6.34. The van der Waals surface area contributed by atoms with Gasteiger partial charge in [-0.25, -0.2) is 4.98 Å². The number of nitrogens with zero attached hydrogens (tertiary/aromatic N) is 5. The number of rotatable bonds is 8. The van der Waals surface area contributed by atoms with Crippen molar-refractivity contribution in [3.05, 3.63) is 54.1 Å². The van der Waals surface area contributed by atoms with Crippen LogP contribution in [0, 0.1) is 0 Å². The van der Waals surface area contributed by atoms with Gasteiger partial charge in [0, 0.05) is 73.7 Å². The van der Waals surface area contributed by atoms with Gasteiger partial charge in [-0.05, 0) is 18.9 Å². The standard InChI is InChI=1S/C25H32N8O2/c1-32-15-18(12-29-32)21-14-30-33-24(26)9-22(31-25(21)33)16-4-6-19(28-11-16)13-27-10-17-5-7-20(34-2)8-23(17)35-3/h5,7-9,12,14-16,19,27-28H,4,6,10-11,13,26H2,1-3H3/t16-,19-/m0/s1. The molecule has 0 unspecified atom stereocenters. The van der Waals surface area contributed by atoms with E-state index in [1.165, 1.54) is 0 Å². The van der Waals surface area contributed by atoms with Crippen molar-refractivity contribution in [2.75, 3.05) is 33.0 Å². The zero-order valence-electron chi connectivity index (χ0n) is 20.4. The van der Waals surface area contributed by atoms with Gasteiger partial charge in [-0.1, -0.05) is 6.07 Å². The molecule has 4 N–H and O–H groups in total. The number of ether oxygens (including phenoxy) is 2. The number of nitrogen functional groups attached to an aromatic ring is 1. The van der Waals surface area contributed by atoms with E-state index in [2.05, 4.69) is 20.8 Å². The number of anilines is 1. The van der Waals surface area contributed by atoms with Gasteiger partial charge in [0.15, 0.2) is 5.65 Å². The molecule has 10 nitrogen and oxygen atoms in total. The summed E-state index contributed by atoms with van der Waals surface area (Å²) in [7, 11) is 5.24. The first kappa shape index (κ1) is 23.1. The second-order valence-corrected chi connectivity index (χ2v) is 8.99. The fourth-order valence-electron chi connectivity index (χ4n) is 4.70. The largest absolute Gasteiger partial charge is 0.497 e. The lowest BCUT2D eigenvalue weighted by molar-refractivity contribution is 0.348. The molecule has 0 bridgehead atoms. The van der Waals surface area contributed by atoms with Gasteiger partial charge in [0.25, 0.3) is 0 Å². The lowest BCUT2D eigenvalue weighted by Gasteiger charge is -2.30. The van der Waals surface area contributed by atoms with Crippen LogP contribution in [0.1, 0.15) is 30.0 Å². The Labute approximate surface area is 204 Å². The van der Waals surface area contributed by atoms with E-state index < -0.39 is 0 Å². The Morgan fingerprint density at radius 3 is 2.74 bits per heavy atom. The Kier molecular flexibility index (Phi) is 6.56. The van der Waals surface area contributed by atoms with Crippen molar-refractivity contribution in [3.63, 3.8) is 0 Å². The Morgan fingerprint density at radius 1 is 1.14 bits per heavy atom. The van der Waals surface area contributed by atoms with Gasteiger partial charge in [-0.15, -0.1) is 0 Å². The van der Waals surface area contributed by atoms with Crippen LogP contribution < -0.4 is 25.8 Å². The highest BCUT2D eigenvalue weighted by molar-refractivity contribution is 5.77. The van der Waals surface area contributed by atoms with E-state index in [9.17, 15) is 0 Å². The average molecular weight is 477 g/mol. The summed E-state index contributed by atoms with van der Waals surface area (Å²) in [5.74, 6) is 2.52. The molecule has 0 radical (unpaired) electrons. The summed E-state index contributed by atoms with van der Waals surface area (Å²) in [5.41, 5.74) is 11.1. The number of benzene rings is 1. The van der Waals surface area contributed by atoms with Gasteiger partial charge in [-0.3, -0.25) is 4.68 Å². The van der Waals surface area contributed by atoms with Crippen molar-refractivity contribution in [2.24, 2.45) is 7.05 Å². The molecule has 10 heteroatoms. The predicted molar refractivity (Wildman–Crippen MR) is 135 cm³/mol. The molecule has 4 aromatic rings. The number of nitrogens with two attached hydrogens (primary N) is 1. The van der Waals surface area contributed by atoms with E-state index in [-0.39, 0.29) is 0 Å². The molecule has 0 aliphatic carbocycles. The minimum absolute atomic E-state index is 0.303. The summed E-state index contributed by atoms with van der Waals surface area (Å²) >= 11 is 0. The molecule has 184 valence electrons. The van der Waals surface area contributed by atoms with Gasteiger partial charge in [0.1, 0.15) is 17.3 Å². The van der Waals surface area contributed by atoms with Gasteiger partial charge in [0.2, 0.25) is 0 Å². The van der Waals surface area contributed by atoms with Crippen LogP contribution in [-0.4, -0.2) is 57.7 Å². The molecule has 1 fully saturated rings. The molecule has 3 aromatic heterocycles. The number of fused-ring (bicyclic) bond motifs is 1. The van der Waals surface area contributed by atoms with Crippen molar-refractivity contribution in [3.8, 4) is 22.6 Å². The summed E-state index contributed by atoms with van der Waals surface area (Å²) in [5, 5.41) is 15.9. The average Bonchev–Trinajstić information content (AvgIpc) is 3.50. The highest BCUT2D eigenvalue weighted by Crippen LogP contribution is 2.30. The minimum atomic E-state index is 0.303. The molecule has 0 saturated carbocycles. The molecule has 1 aliphatic heterocycles. The van der Waals surface area contributed by atoms with Crippen LogP contribution in [0.4, 0.5) is 5.82 Å². The second-order valence-electron chi connectivity index (χ2n) is 8.99. The maximum atomic E-state index is 6.34. The Bertz CT molecular complexity index is 1310. The quantitative estimate of drug-likeness (QED) is 0.355. The predicted octanol–water partition coefficient (Wildman–Crippen LogP) is 2.35. The topological polar surface area (TPSA) is 117 Å². The van der Waals surface area contributed by atoms with Crippen molar-refractivity contribution < 1.29 is 9.47 Å². The van der Waals surface area contributed by atoms with Crippen LogP contribution in [-0.2, 0) is 13.6 Å². The van der Waals surface area contributed by atoms with Crippen molar-refractivity contribution in [2.45, 2.75) is 31.3 Å². The second kappa shape index (κ2) is 9.93. The fourth-order valence-corrected chi connectivity index (χ4v) is 4.70. The number of piperidine rings is 1. The van der Waals surface area contributed by atoms with Crippen LogP contribution in [0.3, 0.4) is 0 Å². The first-order valence-electron chi connectivity index (χ1n) is 11.8. The Balaban J connectivity index is 1.21. The number of aryl methyl sites for hydroxylation is 1. The number of hydrogen-bond acceptors (Lipinski definition) is 8. The smallest absolute Gasteiger partial charge is 0.165 e. The van der Waals surface area contributed by atoms with E-state index in [1.54, 1.807) is 29.6 Å². The minimum Gasteiger partial charge on any atom is -0.497 e. The first-order valence-corrected chi connectivity index (χ1v) is 11.8. The SMILES string of the molecule is COc1ccc(CNC[C@@H]2CC[C@H](c3cc(N)n4ncc(-c5cnn(C)c5)c4n3)CN2)c(OC)c1. The third-order valence-electron chi connectivity index (χ3n) is 6.67. The number of nitrogens with one attached hydrogen (secondary N) is 2. The van der Waals surface area contributed by atoms with Crippen LogP contribution in [0.25, 0.3) is 16.8 Å². The van der Waals surface area contributed by atoms with E-state index >= 15 is 0 Å². The molecule has 0 spiro atoms. The summed E-state index contributed by atoms with van der Waals surface area (Å²) in [6.07, 6.45) is 7.69. The first-order chi connectivity index (χ1) is 17.1. The fraction of sp³-hybridized carbons (Fsp3) is 0.400. The molecular formula is C25H32N8O2. The van der Waals surface area contributed by atoms with Crippen molar-refractivity contribution >= 4 is 11.5 Å². The summed E-state index contributed by atoms with van der Waals surface area (Å²) in [6, 6.07) is 8.26. The van der Waals surface area contributed by atoms with E-state index in [4.69, 9.17) is 20.2 Å². The normalized spacial score (nSPS) is 18.1. The third kappa shape index (κ3) is 4.80. The zero-order chi connectivity index (χ0) is 24.4. The molecule has 1 aromatic carbocycles. The molecule has 5 rings (SSSR count). The van der Waals surface area contributed by atoms with Gasteiger partial charge < -0.3 is 25.8 Å². The lowest BCUT2D eigenvalue weighted by atomic mass is 9.91. The molecule has 1 saturated heterocycles. The van der Waals surface area contributed by atoms with E-state index in [0.717, 1.165) is 72.0 Å². The monoisotopic (exact) mass is 476 g/mol. The molecule has 1 aliphatic rings. The summed E-state index contributed by atoms with van der Waals surface area (Å²) in [4.78, 5) is 4.97. The van der Waals surface area contributed by atoms with Crippen LogP contribution in [0.15, 0.2) is 42.9 Å². The number of methoxy groups -OCH3 is 2. The van der Waals surface area contributed by atoms with Gasteiger partial charge in [0.05, 0.1) is 32.3 Å². The summed E-state index contributed by atoms with van der Waals surface area (Å²) < 4.78 is 14.3. The van der Waals surface area contributed by atoms with E-state index in [0.29, 0.717) is 17.8 Å². The summed E-state index contributed by atoms with van der Waals surface area (Å²) in [6.45, 7) is 2.48. The Morgan fingerprint density at radius 2 is 2.03 bits per heavy atom. The van der Waals surface area contributed by atoms with E-state index in [1.807, 2.05) is 43.7 Å². The number of hydrogen-bond donors (Lipinski definition) is 3. The molecule has 2 atom stereocenters. The molecule has 4 heterocycles. The van der Waals surface area contributed by atoms with Gasteiger partial charge >= 0.3 is 0 Å². The third-order valence-corrected chi connectivity index (χ3v) is 6.67. The van der Waals surface area contributed by atoms with Crippen LogP contribution in [0.5, 0.6) is 11.5 Å². The highest BCUT2D eigenvalue weighted by atomic mass is 16.5. The van der Waals surface area contributed by atoms with Gasteiger partial charge in [-0.2, -0.15) is 14.7 Å². The van der Waals surface area contributed by atoms with Crippen LogP contribution >= 0.6 is 0 Å². The number of aromatic nitrogens is 5. The molecular weight excluding hydrogens is 444 g/mol.